The number of carbonyl (C=O) groups excluding carboxylic acids is 1. The van der Waals surface area contributed by atoms with E-state index in [4.69, 9.17) is 4.42 Å². The van der Waals surface area contributed by atoms with Crippen LogP contribution in [0.1, 0.15) is 42.0 Å². The second-order valence-electron chi connectivity index (χ2n) is 5.55. The fourth-order valence-corrected chi connectivity index (χ4v) is 4.38. The molecule has 6 heteroatoms. The molecule has 1 aromatic heterocycles. The van der Waals surface area contributed by atoms with Crippen LogP contribution in [0.25, 0.3) is 0 Å². The molecule has 1 aromatic rings. The van der Waals surface area contributed by atoms with E-state index in [-0.39, 0.29) is 17.7 Å². The summed E-state index contributed by atoms with van der Waals surface area (Å²) in [5, 5.41) is -0.471. The molecule has 20 heavy (non-hydrogen) atoms. The van der Waals surface area contributed by atoms with Crippen LogP contribution in [0.2, 0.25) is 0 Å². The van der Waals surface area contributed by atoms with Crippen LogP contribution in [0, 0.1) is 6.92 Å². The molecule has 0 N–H and O–H groups in total. The molecule has 2 atom stereocenters. The van der Waals surface area contributed by atoms with Crippen molar-refractivity contribution in [2.45, 2.75) is 43.9 Å². The standard InChI is InChI=1S/C14H21NO4S/c1-10-8-9-12(19-10)14(16)15(2)11-6-4-5-7-13(11)20(3,17)18/h8-9,11,13H,4-7H2,1-3H3/t11-,13+/m0/s1. The van der Waals surface area contributed by atoms with Crippen molar-refractivity contribution in [1.82, 2.24) is 4.90 Å². The molecule has 0 aromatic carbocycles. The first kappa shape index (κ1) is 15.1. The molecule has 0 radical (unpaired) electrons. The van der Waals surface area contributed by atoms with Gasteiger partial charge in [-0.1, -0.05) is 12.8 Å². The Morgan fingerprint density at radius 2 is 1.95 bits per heavy atom. The van der Waals surface area contributed by atoms with Crippen molar-refractivity contribution in [3.05, 3.63) is 23.7 Å². The zero-order valence-electron chi connectivity index (χ0n) is 12.1. The Labute approximate surface area is 119 Å². The third-order valence-electron chi connectivity index (χ3n) is 3.99. The van der Waals surface area contributed by atoms with Crippen molar-refractivity contribution < 1.29 is 17.6 Å². The van der Waals surface area contributed by atoms with Crippen LogP contribution in [0.5, 0.6) is 0 Å². The first-order valence-electron chi connectivity index (χ1n) is 6.83. The Morgan fingerprint density at radius 1 is 1.30 bits per heavy atom. The average Bonchev–Trinajstić information content (AvgIpc) is 2.83. The van der Waals surface area contributed by atoms with E-state index in [2.05, 4.69) is 0 Å². The van der Waals surface area contributed by atoms with E-state index in [1.54, 1.807) is 26.1 Å². The molecular formula is C14H21NO4S. The van der Waals surface area contributed by atoms with Crippen molar-refractivity contribution in [2.24, 2.45) is 0 Å². The predicted octanol–water partition coefficient (Wildman–Crippen LogP) is 2.02. The summed E-state index contributed by atoms with van der Waals surface area (Å²) >= 11 is 0. The zero-order valence-corrected chi connectivity index (χ0v) is 12.9. The molecule has 0 spiro atoms. The maximum Gasteiger partial charge on any atom is 0.289 e. The lowest BCUT2D eigenvalue weighted by Gasteiger charge is -2.36. The van der Waals surface area contributed by atoms with Gasteiger partial charge in [-0.05, 0) is 31.9 Å². The lowest BCUT2D eigenvalue weighted by molar-refractivity contribution is 0.0667. The smallest absolute Gasteiger partial charge is 0.289 e. The highest BCUT2D eigenvalue weighted by atomic mass is 32.2. The molecule has 1 heterocycles. The van der Waals surface area contributed by atoms with Gasteiger partial charge < -0.3 is 9.32 Å². The van der Waals surface area contributed by atoms with Gasteiger partial charge in [0.1, 0.15) is 5.76 Å². The highest BCUT2D eigenvalue weighted by Gasteiger charge is 2.37. The summed E-state index contributed by atoms with van der Waals surface area (Å²) in [6.07, 6.45) is 4.45. The normalized spacial score (nSPS) is 23.6. The highest BCUT2D eigenvalue weighted by molar-refractivity contribution is 7.91. The molecule has 112 valence electrons. The van der Waals surface area contributed by atoms with Crippen LogP contribution >= 0.6 is 0 Å². The van der Waals surface area contributed by atoms with E-state index in [0.29, 0.717) is 12.2 Å². The summed E-state index contributed by atoms with van der Waals surface area (Å²) in [4.78, 5) is 13.9. The lowest BCUT2D eigenvalue weighted by atomic mass is 9.93. The molecule has 1 fully saturated rings. The first-order chi connectivity index (χ1) is 9.30. The molecule has 0 bridgehead atoms. The number of aryl methyl sites for hydroxylation is 1. The second-order valence-corrected chi connectivity index (χ2v) is 7.81. The summed E-state index contributed by atoms with van der Waals surface area (Å²) in [6.45, 7) is 1.77. The van der Waals surface area contributed by atoms with E-state index in [1.807, 2.05) is 0 Å². The molecule has 2 rings (SSSR count). The molecule has 5 nitrogen and oxygen atoms in total. The van der Waals surface area contributed by atoms with Crippen LogP contribution in [0.15, 0.2) is 16.5 Å². The van der Waals surface area contributed by atoms with Gasteiger partial charge in [0, 0.05) is 19.3 Å². The topological polar surface area (TPSA) is 67.6 Å². The fraction of sp³-hybridized carbons (Fsp3) is 0.643. The van der Waals surface area contributed by atoms with E-state index in [0.717, 1.165) is 19.3 Å². The number of furan rings is 1. The van der Waals surface area contributed by atoms with Crippen molar-refractivity contribution in [2.75, 3.05) is 13.3 Å². The zero-order chi connectivity index (χ0) is 14.9. The van der Waals surface area contributed by atoms with Crippen molar-refractivity contribution in [3.8, 4) is 0 Å². The van der Waals surface area contributed by atoms with Crippen LogP contribution in [0.4, 0.5) is 0 Å². The number of sulfone groups is 1. The summed E-state index contributed by atoms with van der Waals surface area (Å²) in [5.41, 5.74) is 0. The summed E-state index contributed by atoms with van der Waals surface area (Å²) in [7, 11) is -1.49. The molecule has 0 unspecified atom stereocenters. The van der Waals surface area contributed by atoms with E-state index >= 15 is 0 Å². The summed E-state index contributed by atoms with van der Waals surface area (Å²) in [5.74, 6) is 0.687. The average molecular weight is 299 g/mol. The minimum Gasteiger partial charge on any atom is -0.456 e. The number of hydrogen-bond donors (Lipinski definition) is 0. The lowest BCUT2D eigenvalue weighted by Crippen LogP contribution is -2.49. The minimum atomic E-state index is -3.16. The first-order valence-corrected chi connectivity index (χ1v) is 8.78. The number of nitrogens with zero attached hydrogens (tertiary/aromatic N) is 1. The number of rotatable bonds is 3. The highest BCUT2D eigenvalue weighted by Crippen LogP contribution is 2.28. The quantitative estimate of drug-likeness (QED) is 0.856. The summed E-state index contributed by atoms with van der Waals surface area (Å²) in [6, 6.07) is 3.10. The van der Waals surface area contributed by atoms with Gasteiger partial charge in [0.05, 0.1) is 5.25 Å². The van der Waals surface area contributed by atoms with Gasteiger partial charge in [0.15, 0.2) is 15.6 Å². The molecule has 1 aliphatic carbocycles. The predicted molar refractivity (Wildman–Crippen MR) is 76.4 cm³/mol. The molecule has 1 saturated carbocycles. The molecule has 0 saturated heterocycles. The SMILES string of the molecule is Cc1ccc(C(=O)N(C)[C@H]2CCCC[C@H]2S(C)(=O)=O)o1. The fourth-order valence-electron chi connectivity index (χ4n) is 2.89. The van der Waals surface area contributed by atoms with Crippen LogP contribution in [0.3, 0.4) is 0 Å². The van der Waals surface area contributed by atoms with Crippen LogP contribution < -0.4 is 0 Å². The number of carbonyl (C=O) groups is 1. The van der Waals surface area contributed by atoms with Crippen LogP contribution in [-0.2, 0) is 9.84 Å². The minimum absolute atomic E-state index is 0.251. The van der Waals surface area contributed by atoms with E-state index < -0.39 is 15.1 Å². The molecule has 1 amide bonds. The third-order valence-corrected chi connectivity index (χ3v) is 5.64. The Bertz CT molecular complexity index is 590. The number of hydrogen-bond acceptors (Lipinski definition) is 4. The maximum atomic E-state index is 12.4. The Kier molecular flexibility index (Phi) is 4.22. The van der Waals surface area contributed by atoms with Gasteiger partial charge >= 0.3 is 0 Å². The van der Waals surface area contributed by atoms with Gasteiger partial charge in [-0.15, -0.1) is 0 Å². The third kappa shape index (κ3) is 3.06. The van der Waals surface area contributed by atoms with E-state index in [9.17, 15) is 13.2 Å². The summed E-state index contributed by atoms with van der Waals surface area (Å²) < 4.78 is 29.1. The van der Waals surface area contributed by atoms with Gasteiger partial charge in [0.2, 0.25) is 0 Å². The molecule has 0 aliphatic heterocycles. The Morgan fingerprint density at radius 3 is 2.50 bits per heavy atom. The maximum absolute atomic E-state index is 12.4. The number of amides is 1. The van der Waals surface area contributed by atoms with Gasteiger partial charge in [0.25, 0.3) is 5.91 Å². The van der Waals surface area contributed by atoms with Gasteiger partial charge in [-0.3, -0.25) is 4.79 Å². The Hall–Kier alpha value is -1.30. The van der Waals surface area contributed by atoms with Gasteiger partial charge in [-0.25, -0.2) is 8.42 Å². The van der Waals surface area contributed by atoms with Crippen molar-refractivity contribution in [3.63, 3.8) is 0 Å². The molecule has 1 aliphatic rings. The second kappa shape index (κ2) is 5.60. The monoisotopic (exact) mass is 299 g/mol. The van der Waals surface area contributed by atoms with Crippen LogP contribution in [-0.4, -0.2) is 43.8 Å². The van der Waals surface area contributed by atoms with Gasteiger partial charge in [-0.2, -0.15) is 0 Å². The van der Waals surface area contributed by atoms with E-state index in [1.165, 1.54) is 11.2 Å². The van der Waals surface area contributed by atoms with Crippen molar-refractivity contribution >= 4 is 15.7 Å². The van der Waals surface area contributed by atoms with Crippen molar-refractivity contribution in [1.29, 1.82) is 0 Å². The largest absolute Gasteiger partial charge is 0.456 e. The molecular weight excluding hydrogens is 278 g/mol. The Balaban J connectivity index is 2.21.